The van der Waals surface area contributed by atoms with Crippen LogP contribution in [0.5, 0.6) is 0 Å². The van der Waals surface area contributed by atoms with Crippen LogP contribution in [0.15, 0.2) is 24.3 Å². The van der Waals surface area contributed by atoms with E-state index in [0.717, 1.165) is 18.8 Å². The van der Waals surface area contributed by atoms with Crippen LogP contribution in [-0.2, 0) is 0 Å². The maximum atomic E-state index is 9.69. The lowest BCUT2D eigenvalue weighted by atomic mass is 9.82. The van der Waals surface area contributed by atoms with Crippen molar-refractivity contribution >= 4 is 11.4 Å². The molecule has 0 bridgehead atoms. The van der Waals surface area contributed by atoms with E-state index in [-0.39, 0.29) is 5.41 Å². The van der Waals surface area contributed by atoms with Gasteiger partial charge in [0.25, 0.3) is 0 Å². The Labute approximate surface area is 102 Å². The largest absolute Gasteiger partial charge is 0.399 e. The molecule has 2 atom stereocenters. The van der Waals surface area contributed by atoms with Crippen LogP contribution in [0.1, 0.15) is 19.3 Å². The van der Waals surface area contributed by atoms with E-state index in [1.807, 2.05) is 12.1 Å². The molecular formula is C14H20N2O. The molecule has 3 N–H and O–H groups in total. The monoisotopic (exact) mass is 232 g/mol. The first kappa shape index (κ1) is 10.9. The molecule has 1 saturated carbocycles. The Balaban J connectivity index is 1.82. The van der Waals surface area contributed by atoms with Crippen molar-refractivity contribution in [3.05, 3.63) is 24.3 Å². The standard InChI is InChI=1S/C14H20N2O/c15-12-3-5-13(6-4-12)16-8-11-2-1-7-14(11,9-16)10-17/h3-6,11,17H,1-2,7-10,15H2. The Morgan fingerprint density at radius 2 is 2.12 bits per heavy atom. The molecule has 0 spiro atoms. The lowest BCUT2D eigenvalue weighted by molar-refractivity contribution is 0.121. The van der Waals surface area contributed by atoms with E-state index >= 15 is 0 Å². The van der Waals surface area contributed by atoms with Gasteiger partial charge in [0.15, 0.2) is 0 Å². The van der Waals surface area contributed by atoms with E-state index in [0.29, 0.717) is 12.5 Å². The molecule has 1 aliphatic carbocycles. The molecular weight excluding hydrogens is 212 g/mol. The second-order valence-corrected chi connectivity index (χ2v) is 5.58. The number of fused-ring (bicyclic) bond motifs is 1. The highest BCUT2D eigenvalue weighted by Gasteiger charge is 2.48. The number of rotatable bonds is 2. The van der Waals surface area contributed by atoms with Crippen LogP contribution in [0, 0.1) is 11.3 Å². The average molecular weight is 232 g/mol. The first-order valence-electron chi connectivity index (χ1n) is 6.45. The summed E-state index contributed by atoms with van der Waals surface area (Å²) in [7, 11) is 0. The summed E-state index contributed by atoms with van der Waals surface area (Å²) in [6.45, 7) is 2.42. The minimum atomic E-state index is 0.168. The van der Waals surface area contributed by atoms with Crippen molar-refractivity contribution in [3.63, 3.8) is 0 Å². The summed E-state index contributed by atoms with van der Waals surface area (Å²) in [5.41, 5.74) is 7.93. The van der Waals surface area contributed by atoms with Gasteiger partial charge >= 0.3 is 0 Å². The summed E-state index contributed by atoms with van der Waals surface area (Å²) >= 11 is 0. The number of hydrogen-bond donors (Lipinski definition) is 2. The second-order valence-electron chi connectivity index (χ2n) is 5.58. The molecule has 1 aromatic rings. The van der Waals surface area contributed by atoms with E-state index in [2.05, 4.69) is 17.0 Å². The fourth-order valence-corrected chi connectivity index (χ4v) is 3.55. The van der Waals surface area contributed by atoms with Gasteiger partial charge in [-0.05, 0) is 43.0 Å². The van der Waals surface area contributed by atoms with Crippen LogP contribution in [0.3, 0.4) is 0 Å². The molecule has 1 aromatic carbocycles. The highest BCUT2D eigenvalue weighted by atomic mass is 16.3. The van der Waals surface area contributed by atoms with Crippen molar-refractivity contribution in [1.29, 1.82) is 0 Å². The lowest BCUT2D eigenvalue weighted by Crippen LogP contribution is -2.30. The number of benzene rings is 1. The highest BCUT2D eigenvalue weighted by molar-refractivity contribution is 5.54. The molecule has 2 fully saturated rings. The molecule has 2 aliphatic rings. The van der Waals surface area contributed by atoms with Crippen LogP contribution in [-0.4, -0.2) is 24.8 Å². The van der Waals surface area contributed by atoms with E-state index in [1.54, 1.807) is 0 Å². The minimum Gasteiger partial charge on any atom is -0.399 e. The van der Waals surface area contributed by atoms with Crippen LogP contribution in [0.2, 0.25) is 0 Å². The molecule has 3 nitrogen and oxygen atoms in total. The number of anilines is 2. The molecule has 17 heavy (non-hydrogen) atoms. The fraction of sp³-hybridized carbons (Fsp3) is 0.571. The van der Waals surface area contributed by atoms with Crippen molar-refractivity contribution < 1.29 is 5.11 Å². The first-order chi connectivity index (χ1) is 8.23. The number of nitrogens with zero attached hydrogens (tertiary/aromatic N) is 1. The van der Waals surface area contributed by atoms with Crippen LogP contribution in [0.4, 0.5) is 11.4 Å². The third-order valence-electron chi connectivity index (χ3n) is 4.61. The summed E-state index contributed by atoms with van der Waals surface area (Å²) < 4.78 is 0. The topological polar surface area (TPSA) is 49.5 Å². The summed E-state index contributed by atoms with van der Waals surface area (Å²) in [5.74, 6) is 0.671. The molecule has 0 radical (unpaired) electrons. The minimum absolute atomic E-state index is 0.168. The van der Waals surface area contributed by atoms with Gasteiger partial charge in [0.1, 0.15) is 0 Å². The van der Waals surface area contributed by atoms with Crippen molar-refractivity contribution in [2.45, 2.75) is 19.3 Å². The molecule has 2 unspecified atom stereocenters. The fourth-order valence-electron chi connectivity index (χ4n) is 3.55. The predicted molar refractivity (Wildman–Crippen MR) is 69.9 cm³/mol. The number of nitrogen functional groups attached to an aromatic ring is 1. The van der Waals surface area contributed by atoms with E-state index < -0.39 is 0 Å². The average Bonchev–Trinajstić information content (AvgIpc) is 2.86. The number of aliphatic hydroxyl groups is 1. The van der Waals surface area contributed by atoms with E-state index in [4.69, 9.17) is 5.73 Å². The number of aliphatic hydroxyl groups excluding tert-OH is 1. The SMILES string of the molecule is Nc1ccc(N2CC3CCCC3(CO)C2)cc1. The Bertz CT molecular complexity index is 403. The van der Waals surface area contributed by atoms with Crippen LogP contribution in [0.25, 0.3) is 0 Å². The molecule has 1 aliphatic heterocycles. The summed E-state index contributed by atoms with van der Waals surface area (Å²) in [4.78, 5) is 2.40. The maximum absolute atomic E-state index is 9.69. The smallest absolute Gasteiger partial charge is 0.0507 e. The van der Waals surface area contributed by atoms with Crippen molar-refractivity contribution in [2.24, 2.45) is 11.3 Å². The van der Waals surface area contributed by atoms with E-state index in [1.165, 1.54) is 24.9 Å². The predicted octanol–water partition coefficient (Wildman–Crippen LogP) is 1.87. The van der Waals surface area contributed by atoms with Gasteiger partial charge in [0.05, 0.1) is 6.61 Å². The molecule has 1 heterocycles. The van der Waals surface area contributed by atoms with Gasteiger partial charge in [-0.1, -0.05) is 6.42 Å². The molecule has 3 rings (SSSR count). The Morgan fingerprint density at radius 3 is 2.76 bits per heavy atom. The van der Waals surface area contributed by atoms with Gasteiger partial charge in [-0.15, -0.1) is 0 Å². The van der Waals surface area contributed by atoms with E-state index in [9.17, 15) is 5.11 Å². The molecule has 1 saturated heterocycles. The molecule has 92 valence electrons. The van der Waals surface area contributed by atoms with Gasteiger partial charge in [0.2, 0.25) is 0 Å². The van der Waals surface area contributed by atoms with Gasteiger partial charge in [-0.2, -0.15) is 0 Å². The molecule has 0 amide bonds. The molecule has 3 heteroatoms. The summed E-state index contributed by atoms with van der Waals surface area (Å²) in [5, 5.41) is 9.69. The normalized spacial score (nSPS) is 31.8. The lowest BCUT2D eigenvalue weighted by Gasteiger charge is -2.26. The third kappa shape index (κ3) is 1.69. The summed E-state index contributed by atoms with van der Waals surface area (Å²) in [6.07, 6.45) is 3.73. The summed E-state index contributed by atoms with van der Waals surface area (Å²) in [6, 6.07) is 8.08. The highest BCUT2D eigenvalue weighted by Crippen LogP contribution is 2.49. The zero-order valence-corrected chi connectivity index (χ0v) is 10.1. The Hall–Kier alpha value is -1.22. The Morgan fingerprint density at radius 1 is 1.35 bits per heavy atom. The maximum Gasteiger partial charge on any atom is 0.0507 e. The van der Waals surface area contributed by atoms with Gasteiger partial charge < -0.3 is 15.7 Å². The third-order valence-corrected chi connectivity index (χ3v) is 4.61. The van der Waals surface area contributed by atoms with Crippen molar-refractivity contribution in [3.8, 4) is 0 Å². The number of nitrogens with two attached hydrogens (primary N) is 1. The zero-order chi connectivity index (χ0) is 11.9. The van der Waals surface area contributed by atoms with Crippen LogP contribution >= 0.6 is 0 Å². The molecule has 0 aromatic heterocycles. The first-order valence-corrected chi connectivity index (χ1v) is 6.45. The van der Waals surface area contributed by atoms with Gasteiger partial charge in [-0.25, -0.2) is 0 Å². The van der Waals surface area contributed by atoms with Crippen molar-refractivity contribution in [1.82, 2.24) is 0 Å². The quantitative estimate of drug-likeness (QED) is 0.765. The van der Waals surface area contributed by atoms with Crippen LogP contribution < -0.4 is 10.6 Å². The number of hydrogen-bond acceptors (Lipinski definition) is 3. The van der Waals surface area contributed by atoms with Gasteiger partial charge in [-0.3, -0.25) is 0 Å². The van der Waals surface area contributed by atoms with Gasteiger partial charge in [0, 0.05) is 29.9 Å². The zero-order valence-electron chi connectivity index (χ0n) is 10.1. The van der Waals surface area contributed by atoms with Crippen molar-refractivity contribution in [2.75, 3.05) is 30.3 Å². The Kier molecular flexibility index (Phi) is 2.51. The second kappa shape index (κ2) is 3.91.